The van der Waals surface area contributed by atoms with Gasteiger partial charge in [0.25, 0.3) is 0 Å². The maximum atomic E-state index is 11.5. The summed E-state index contributed by atoms with van der Waals surface area (Å²) >= 11 is 5.32. The molecule has 0 saturated heterocycles. The Balaban J connectivity index is 0. The fraction of sp³-hybridized carbons (Fsp3) is 1.00. The van der Waals surface area contributed by atoms with Crippen LogP contribution in [0.5, 0.6) is 0 Å². The first-order valence-corrected chi connectivity index (χ1v) is 8.50. The largest absolute Gasteiger partial charge is 0.311 e. The van der Waals surface area contributed by atoms with Gasteiger partial charge in [-0.3, -0.25) is 4.57 Å². The molecule has 0 saturated carbocycles. The van der Waals surface area contributed by atoms with E-state index in [1.54, 1.807) is 0 Å². The fourth-order valence-electron chi connectivity index (χ4n) is 0.621. The summed E-state index contributed by atoms with van der Waals surface area (Å²) in [7, 11) is 0. The molecule has 0 aromatic rings. The second-order valence-electron chi connectivity index (χ2n) is 2.81. The molecule has 0 heterocycles. The first-order chi connectivity index (χ1) is 5.48. The first-order valence-electron chi connectivity index (χ1n) is 4.13. The van der Waals surface area contributed by atoms with Crippen LogP contribution in [0.4, 0.5) is 0 Å². The van der Waals surface area contributed by atoms with E-state index in [9.17, 15) is 4.57 Å². The molecule has 0 aliphatic carbocycles. The second kappa shape index (κ2) is 8.79. The molecular formula is C7H17O2PS2Zn. The topological polar surface area (TPSA) is 26.3 Å². The zero-order chi connectivity index (χ0) is 9.61. The standard InChI is InChI=1S/C7H17O2PS2.Zn/c1-4-5-6-12-10(8,11)9-7(2)3;/h7H,4-6H2,1-3H3,(H,8,11);. The van der Waals surface area contributed by atoms with Gasteiger partial charge in [0.2, 0.25) is 0 Å². The third kappa shape index (κ3) is 11.4. The Morgan fingerprint density at radius 2 is 2.08 bits per heavy atom. The molecule has 1 unspecified atom stereocenters. The Morgan fingerprint density at radius 1 is 1.54 bits per heavy atom. The molecule has 13 heavy (non-hydrogen) atoms. The Labute approximate surface area is 103 Å². The minimum atomic E-state index is -2.67. The molecule has 0 rings (SSSR count). The van der Waals surface area contributed by atoms with Gasteiger partial charge in [0.15, 0.2) is 0 Å². The van der Waals surface area contributed by atoms with Crippen LogP contribution < -0.4 is 0 Å². The van der Waals surface area contributed by atoms with Crippen LogP contribution in [0.1, 0.15) is 33.6 Å². The molecule has 0 bridgehead atoms. The monoisotopic (exact) mass is 292 g/mol. The van der Waals surface area contributed by atoms with Crippen molar-refractivity contribution in [2.75, 3.05) is 5.75 Å². The van der Waals surface area contributed by atoms with E-state index in [0.29, 0.717) is 0 Å². The summed E-state index contributed by atoms with van der Waals surface area (Å²) in [6.07, 6.45) is 2.17. The van der Waals surface area contributed by atoms with Crippen LogP contribution in [0, 0.1) is 0 Å². The van der Waals surface area contributed by atoms with Crippen LogP contribution in [-0.4, -0.2) is 11.9 Å². The summed E-state index contributed by atoms with van der Waals surface area (Å²) in [5.74, 6) is -1.80. The zero-order valence-corrected chi connectivity index (χ0v) is 14.1. The zero-order valence-electron chi connectivity index (χ0n) is 8.52. The third-order valence-corrected chi connectivity index (χ3v) is 5.69. The first kappa shape index (κ1) is 16.9. The van der Waals surface area contributed by atoms with Gasteiger partial charge in [0.1, 0.15) is 0 Å². The Hall–Kier alpha value is 1.51. The van der Waals surface area contributed by atoms with Gasteiger partial charge < -0.3 is 4.52 Å². The number of hydrogen-bond acceptors (Lipinski definition) is 3. The molecular weight excluding hydrogens is 277 g/mol. The normalized spacial score (nSPS) is 15.2. The van der Waals surface area contributed by atoms with E-state index in [-0.39, 0.29) is 25.6 Å². The van der Waals surface area contributed by atoms with Gasteiger partial charge in [-0.25, -0.2) is 0 Å². The molecule has 0 spiro atoms. The molecule has 0 aliphatic rings. The van der Waals surface area contributed by atoms with Crippen molar-refractivity contribution < 1.29 is 28.6 Å². The van der Waals surface area contributed by atoms with Crippen molar-refractivity contribution in [1.82, 2.24) is 0 Å². The molecule has 0 radical (unpaired) electrons. The van der Waals surface area contributed by atoms with Crippen LogP contribution in [0.15, 0.2) is 0 Å². The molecule has 2 nitrogen and oxygen atoms in total. The summed E-state index contributed by atoms with van der Waals surface area (Å²) in [5.41, 5.74) is 0. The summed E-state index contributed by atoms with van der Waals surface area (Å²) in [6.45, 7) is 5.83. The summed E-state index contributed by atoms with van der Waals surface area (Å²) in [6, 6.07) is 0. The second-order valence-corrected chi connectivity index (χ2v) is 9.23. The van der Waals surface area contributed by atoms with E-state index >= 15 is 0 Å². The molecule has 0 amide bonds. The van der Waals surface area contributed by atoms with E-state index in [1.807, 2.05) is 13.8 Å². The van der Waals surface area contributed by atoms with Crippen LogP contribution in [0.25, 0.3) is 0 Å². The molecule has 0 fully saturated rings. The quantitative estimate of drug-likeness (QED) is 0.347. The van der Waals surface area contributed by atoms with E-state index in [1.165, 1.54) is 11.4 Å². The van der Waals surface area contributed by atoms with E-state index in [2.05, 4.69) is 19.2 Å². The number of rotatable bonds is 6. The van der Waals surface area contributed by atoms with Gasteiger partial charge in [-0.2, -0.15) is 0 Å². The van der Waals surface area contributed by atoms with Crippen molar-refractivity contribution in [3.8, 4) is 0 Å². The van der Waals surface area contributed by atoms with Crippen LogP contribution >= 0.6 is 29.4 Å². The summed E-state index contributed by atoms with van der Waals surface area (Å²) in [4.78, 5) is 0. The molecule has 6 heteroatoms. The molecule has 0 N–H and O–H groups in total. The molecule has 1 atom stereocenters. The molecule has 0 aliphatic heterocycles. The van der Waals surface area contributed by atoms with Gasteiger partial charge in [0.05, 0.1) is 6.10 Å². The van der Waals surface area contributed by atoms with Gasteiger partial charge in [-0.1, -0.05) is 37.0 Å². The van der Waals surface area contributed by atoms with Crippen molar-refractivity contribution in [1.29, 1.82) is 0 Å². The van der Waals surface area contributed by atoms with E-state index < -0.39 is 5.77 Å². The van der Waals surface area contributed by atoms with Gasteiger partial charge in [0, 0.05) is 25.2 Å². The van der Waals surface area contributed by atoms with Crippen LogP contribution in [-0.2, 0) is 28.6 Å². The van der Waals surface area contributed by atoms with Crippen molar-refractivity contribution in [3.05, 3.63) is 0 Å². The predicted molar refractivity (Wildman–Crippen MR) is 60.2 cm³/mol. The van der Waals surface area contributed by atoms with Gasteiger partial charge in [-0.05, 0) is 20.3 Å². The minimum Gasteiger partial charge on any atom is -0.311 e. The maximum Gasteiger partial charge on any atom is 0.310 e. The molecule has 0 aromatic carbocycles. The average molecular weight is 294 g/mol. The van der Waals surface area contributed by atoms with Crippen molar-refractivity contribution >= 4 is 29.4 Å². The average Bonchev–Trinajstić information content (AvgIpc) is 1.84. The molecule has 76 valence electrons. The third-order valence-electron chi connectivity index (χ3n) is 1.10. The van der Waals surface area contributed by atoms with Gasteiger partial charge >= 0.3 is 5.77 Å². The summed E-state index contributed by atoms with van der Waals surface area (Å²) < 4.78 is 16.7. The van der Waals surface area contributed by atoms with Crippen molar-refractivity contribution in [2.24, 2.45) is 0 Å². The van der Waals surface area contributed by atoms with Crippen molar-refractivity contribution in [3.63, 3.8) is 0 Å². The Morgan fingerprint density at radius 3 is 2.46 bits per heavy atom. The fourth-order valence-corrected chi connectivity index (χ4v) is 4.94. The smallest absolute Gasteiger partial charge is 0.310 e. The van der Waals surface area contributed by atoms with Crippen LogP contribution in [0.2, 0.25) is 0 Å². The maximum absolute atomic E-state index is 11.5. The minimum absolute atomic E-state index is 0. The van der Waals surface area contributed by atoms with Crippen LogP contribution in [0.3, 0.4) is 0 Å². The SMILES string of the molecule is CCCCSP(=O)(S)OC(C)C.[Zn]. The Kier molecular flexibility index (Phi) is 11.4. The number of thiol groups is 1. The number of unbranched alkanes of at least 4 members (excludes halogenated alkanes) is 1. The molecule has 0 aromatic heterocycles. The summed E-state index contributed by atoms with van der Waals surface area (Å²) in [5, 5.41) is 0. The van der Waals surface area contributed by atoms with E-state index in [4.69, 9.17) is 4.52 Å². The van der Waals surface area contributed by atoms with Crippen molar-refractivity contribution in [2.45, 2.75) is 39.7 Å². The Bertz CT molecular complexity index is 167. The van der Waals surface area contributed by atoms with E-state index in [0.717, 1.165) is 18.6 Å². The number of hydrogen-bond donors (Lipinski definition) is 1. The van der Waals surface area contributed by atoms with Gasteiger partial charge in [-0.15, -0.1) is 0 Å². The predicted octanol–water partition coefficient (Wildman–Crippen LogP) is 3.98.